The average molecular weight is 420 g/mol. The Morgan fingerprint density at radius 3 is 2.34 bits per heavy atom. The summed E-state index contributed by atoms with van der Waals surface area (Å²) in [7, 11) is -4.02. The van der Waals surface area contributed by atoms with Gasteiger partial charge in [0.05, 0.1) is 5.69 Å². The minimum absolute atomic E-state index is 0.0131. The number of anilines is 1. The summed E-state index contributed by atoms with van der Waals surface area (Å²) in [4.78, 5) is 12.7. The largest absolute Gasteiger partial charge is 0.360 e. The molecule has 1 saturated carbocycles. The number of carbonyl (C=O) groups is 1. The van der Waals surface area contributed by atoms with Crippen LogP contribution in [0.3, 0.4) is 0 Å². The molecule has 0 atom stereocenters. The molecule has 1 N–H and O–H groups in total. The zero-order valence-electron chi connectivity index (χ0n) is 17.4. The fraction of sp³-hybridized carbons (Fsp3) is 0.524. The Morgan fingerprint density at radius 1 is 1.21 bits per heavy atom. The van der Waals surface area contributed by atoms with Gasteiger partial charge in [0.1, 0.15) is 12.2 Å². The Kier molecular flexibility index (Phi) is 6.31. The predicted molar refractivity (Wildman–Crippen MR) is 111 cm³/mol. The smallest absolute Gasteiger partial charge is 0.270 e. The van der Waals surface area contributed by atoms with Crippen molar-refractivity contribution in [2.75, 3.05) is 10.8 Å². The molecule has 0 aliphatic heterocycles. The Morgan fingerprint density at radius 2 is 1.83 bits per heavy atom. The zero-order chi connectivity index (χ0) is 21.2. The van der Waals surface area contributed by atoms with Crippen molar-refractivity contribution < 1.29 is 17.7 Å². The molecule has 158 valence electrons. The van der Waals surface area contributed by atoms with E-state index in [2.05, 4.69) is 24.3 Å². The number of nitrogens with zero attached hydrogens (tertiary/aromatic N) is 2. The molecular formula is C21H29N3O4S. The van der Waals surface area contributed by atoms with Crippen molar-refractivity contribution in [3.8, 4) is 0 Å². The number of carbonyl (C=O) groups excluding carboxylic acids is 1. The van der Waals surface area contributed by atoms with E-state index in [0.717, 1.165) is 35.6 Å². The highest BCUT2D eigenvalue weighted by Gasteiger charge is 2.33. The van der Waals surface area contributed by atoms with E-state index >= 15 is 0 Å². The van der Waals surface area contributed by atoms with Gasteiger partial charge in [-0.05, 0) is 50.3 Å². The van der Waals surface area contributed by atoms with Crippen LogP contribution in [0.1, 0.15) is 62.5 Å². The number of aryl methyl sites for hydroxylation is 2. The highest BCUT2D eigenvalue weighted by atomic mass is 32.2. The Balaban J connectivity index is 1.95. The topological polar surface area (TPSA) is 92.5 Å². The van der Waals surface area contributed by atoms with Crippen LogP contribution in [-0.2, 0) is 14.8 Å². The molecule has 1 aliphatic rings. The number of hydrogen-bond donors (Lipinski definition) is 1. The summed E-state index contributed by atoms with van der Waals surface area (Å²) < 4.78 is 33.2. The van der Waals surface area contributed by atoms with Gasteiger partial charge in [0, 0.05) is 6.04 Å². The molecule has 7 nitrogen and oxygen atoms in total. The number of sulfonamides is 1. The summed E-state index contributed by atoms with van der Waals surface area (Å²) in [6.45, 7) is 7.00. The lowest BCUT2D eigenvalue weighted by molar-refractivity contribution is -0.120. The van der Waals surface area contributed by atoms with Crippen LogP contribution in [0.4, 0.5) is 5.69 Å². The van der Waals surface area contributed by atoms with Gasteiger partial charge < -0.3 is 9.84 Å². The fourth-order valence-electron chi connectivity index (χ4n) is 3.77. The molecule has 29 heavy (non-hydrogen) atoms. The first-order valence-corrected chi connectivity index (χ1v) is 11.5. The first kappa shape index (κ1) is 21.4. The van der Waals surface area contributed by atoms with Gasteiger partial charge in [-0.1, -0.05) is 44.0 Å². The van der Waals surface area contributed by atoms with Crippen molar-refractivity contribution in [3.63, 3.8) is 0 Å². The third-order valence-electron chi connectivity index (χ3n) is 5.37. The maximum absolute atomic E-state index is 13.5. The number of benzene rings is 1. The molecule has 1 heterocycles. The van der Waals surface area contributed by atoms with E-state index in [1.54, 1.807) is 26.0 Å². The van der Waals surface area contributed by atoms with Gasteiger partial charge in [-0.3, -0.25) is 9.10 Å². The quantitative estimate of drug-likeness (QED) is 0.739. The van der Waals surface area contributed by atoms with Crippen LogP contribution in [0, 0.1) is 13.8 Å². The van der Waals surface area contributed by atoms with Crippen molar-refractivity contribution in [1.29, 1.82) is 0 Å². The minimum Gasteiger partial charge on any atom is -0.360 e. The van der Waals surface area contributed by atoms with Crippen molar-refractivity contribution in [2.45, 2.75) is 70.2 Å². The molecule has 0 saturated heterocycles. The maximum Gasteiger partial charge on any atom is 0.270 e. The van der Waals surface area contributed by atoms with E-state index in [-0.39, 0.29) is 34.8 Å². The molecule has 0 bridgehead atoms. The molecule has 0 radical (unpaired) electrons. The molecule has 0 unspecified atom stereocenters. The molecule has 1 fully saturated rings. The summed E-state index contributed by atoms with van der Waals surface area (Å²) >= 11 is 0. The molecule has 1 aromatic carbocycles. The predicted octanol–water partition coefficient (Wildman–Crippen LogP) is 3.67. The van der Waals surface area contributed by atoms with Crippen LogP contribution >= 0.6 is 0 Å². The highest BCUT2D eigenvalue weighted by molar-refractivity contribution is 7.93. The van der Waals surface area contributed by atoms with Crippen LogP contribution in [0.25, 0.3) is 0 Å². The number of rotatable bonds is 7. The summed E-state index contributed by atoms with van der Waals surface area (Å²) in [6.07, 6.45) is 4.04. The molecular weight excluding hydrogens is 390 g/mol. The molecule has 8 heteroatoms. The fourth-order valence-corrected chi connectivity index (χ4v) is 5.49. The second kappa shape index (κ2) is 8.57. The number of nitrogens with one attached hydrogen (secondary N) is 1. The second-order valence-electron chi connectivity index (χ2n) is 7.96. The lowest BCUT2D eigenvalue weighted by Crippen LogP contribution is -2.43. The van der Waals surface area contributed by atoms with E-state index in [0.29, 0.717) is 11.6 Å². The summed E-state index contributed by atoms with van der Waals surface area (Å²) in [5.74, 6) is 0.227. The van der Waals surface area contributed by atoms with Gasteiger partial charge in [0.25, 0.3) is 10.0 Å². The van der Waals surface area contributed by atoms with Crippen molar-refractivity contribution in [3.05, 3.63) is 41.3 Å². The summed E-state index contributed by atoms with van der Waals surface area (Å²) in [5.41, 5.74) is 1.82. The highest BCUT2D eigenvalue weighted by Crippen LogP contribution is 2.29. The third-order valence-corrected chi connectivity index (χ3v) is 7.39. The minimum atomic E-state index is -4.02. The second-order valence-corrected chi connectivity index (χ2v) is 9.76. The Hall–Kier alpha value is -2.35. The standard InChI is InChI=1S/C21H29N3O4S/c1-14(2)17-9-11-19(12-10-17)24(13-20(25)22-18-7-5-6-8-18)29(26,27)21-15(3)23-28-16(21)4/h9-12,14,18H,5-8,13H2,1-4H3,(H,22,25). The van der Waals surface area contributed by atoms with E-state index in [4.69, 9.17) is 4.52 Å². The van der Waals surface area contributed by atoms with Crippen LogP contribution in [0.15, 0.2) is 33.7 Å². The van der Waals surface area contributed by atoms with Gasteiger partial charge in [-0.15, -0.1) is 0 Å². The van der Waals surface area contributed by atoms with E-state index < -0.39 is 10.0 Å². The van der Waals surface area contributed by atoms with E-state index in [1.807, 2.05) is 12.1 Å². The van der Waals surface area contributed by atoms with E-state index in [9.17, 15) is 13.2 Å². The van der Waals surface area contributed by atoms with Gasteiger partial charge in [-0.25, -0.2) is 8.42 Å². The number of amides is 1. The number of hydrogen-bond acceptors (Lipinski definition) is 5. The summed E-state index contributed by atoms with van der Waals surface area (Å²) in [5, 5.41) is 6.75. The molecule has 0 spiro atoms. The van der Waals surface area contributed by atoms with Crippen molar-refractivity contribution in [2.24, 2.45) is 0 Å². The van der Waals surface area contributed by atoms with Gasteiger partial charge in [0.2, 0.25) is 5.91 Å². The van der Waals surface area contributed by atoms with Crippen LogP contribution < -0.4 is 9.62 Å². The van der Waals surface area contributed by atoms with Crippen LogP contribution in [0.2, 0.25) is 0 Å². The molecule has 1 amide bonds. The van der Waals surface area contributed by atoms with Gasteiger partial charge in [-0.2, -0.15) is 0 Å². The van der Waals surface area contributed by atoms with Crippen LogP contribution in [-0.4, -0.2) is 32.1 Å². The monoisotopic (exact) mass is 419 g/mol. The average Bonchev–Trinajstić information content (AvgIpc) is 3.29. The summed E-state index contributed by atoms with van der Waals surface area (Å²) in [6, 6.07) is 7.39. The van der Waals surface area contributed by atoms with E-state index in [1.165, 1.54) is 0 Å². The zero-order valence-corrected chi connectivity index (χ0v) is 18.3. The Labute approximate surface area is 172 Å². The lowest BCUT2D eigenvalue weighted by Gasteiger charge is -2.25. The number of aromatic nitrogens is 1. The maximum atomic E-state index is 13.5. The molecule has 3 rings (SSSR count). The first-order valence-electron chi connectivity index (χ1n) is 10.0. The Bertz CT molecular complexity index is 939. The van der Waals surface area contributed by atoms with Crippen LogP contribution in [0.5, 0.6) is 0 Å². The SMILES string of the molecule is Cc1noc(C)c1S(=O)(=O)N(CC(=O)NC1CCCC1)c1ccc(C(C)C)cc1. The van der Waals surface area contributed by atoms with Gasteiger partial charge >= 0.3 is 0 Å². The van der Waals surface area contributed by atoms with Crippen molar-refractivity contribution >= 4 is 21.6 Å². The molecule has 1 aliphatic carbocycles. The molecule has 1 aromatic heterocycles. The first-order chi connectivity index (χ1) is 13.7. The van der Waals surface area contributed by atoms with Crippen molar-refractivity contribution in [1.82, 2.24) is 10.5 Å². The molecule has 2 aromatic rings. The van der Waals surface area contributed by atoms with Gasteiger partial charge in [0.15, 0.2) is 10.7 Å². The lowest BCUT2D eigenvalue weighted by atomic mass is 10.0. The third kappa shape index (κ3) is 4.63. The normalized spacial score (nSPS) is 15.1.